The first-order valence-electron chi connectivity index (χ1n) is 9.58. The van der Waals surface area contributed by atoms with Crippen LogP contribution in [0.25, 0.3) is 5.69 Å². The van der Waals surface area contributed by atoms with Gasteiger partial charge in [0.25, 0.3) is 0 Å². The molecule has 8 nitrogen and oxygen atoms in total. The second-order valence-electron chi connectivity index (χ2n) is 7.34. The van der Waals surface area contributed by atoms with Crippen molar-refractivity contribution in [2.75, 3.05) is 13.1 Å². The first kappa shape index (κ1) is 16.4. The van der Waals surface area contributed by atoms with Gasteiger partial charge in [-0.25, -0.2) is 14.0 Å². The van der Waals surface area contributed by atoms with E-state index in [2.05, 4.69) is 20.6 Å². The molecule has 1 aliphatic heterocycles. The molecule has 1 N–H and O–H groups in total. The van der Waals surface area contributed by atoms with Crippen molar-refractivity contribution >= 4 is 0 Å². The van der Waals surface area contributed by atoms with Crippen LogP contribution in [-0.2, 0) is 6.54 Å². The van der Waals surface area contributed by atoms with Gasteiger partial charge < -0.3 is 9.84 Å². The number of benzene rings is 1. The van der Waals surface area contributed by atoms with Crippen molar-refractivity contribution < 1.29 is 4.52 Å². The first-order chi connectivity index (χ1) is 13.3. The first-order valence-corrected chi connectivity index (χ1v) is 9.58. The van der Waals surface area contributed by atoms with Crippen LogP contribution in [0.5, 0.6) is 0 Å². The Bertz CT molecular complexity index is 979. The molecule has 1 saturated heterocycles. The Morgan fingerprint density at radius 1 is 1.15 bits per heavy atom. The zero-order valence-corrected chi connectivity index (χ0v) is 15.0. The zero-order valence-electron chi connectivity index (χ0n) is 15.0. The lowest BCUT2D eigenvalue weighted by Crippen LogP contribution is -2.31. The minimum atomic E-state index is -0.167. The lowest BCUT2D eigenvalue weighted by molar-refractivity contribution is 0.372. The summed E-state index contributed by atoms with van der Waals surface area (Å²) in [6.07, 6.45) is 4.30. The molecular weight excluding hydrogens is 344 g/mol. The summed E-state index contributed by atoms with van der Waals surface area (Å²) in [6.45, 7) is 2.07. The summed E-state index contributed by atoms with van der Waals surface area (Å²) in [5.74, 6) is 2.58. The molecular formula is C19H22N6O2. The largest absolute Gasteiger partial charge is 0.351 e. The molecule has 1 atom stereocenters. The summed E-state index contributed by atoms with van der Waals surface area (Å²) in [6, 6.07) is 9.69. The highest BCUT2D eigenvalue weighted by Gasteiger charge is 2.30. The number of piperidine rings is 1. The topological polar surface area (TPSA) is 90.8 Å². The Labute approximate surface area is 156 Å². The number of hydrogen-bond acceptors (Lipinski definition) is 6. The Morgan fingerprint density at radius 2 is 2.00 bits per heavy atom. The molecule has 0 spiro atoms. The summed E-state index contributed by atoms with van der Waals surface area (Å²) in [5.41, 5.74) is 0.667. The highest BCUT2D eigenvalue weighted by Crippen LogP contribution is 2.38. The molecule has 0 amide bonds. The van der Waals surface area contributed by atoms with Crippen LogP contribution in [0.1, 0.15) is 55.1 Å². The fraction of sp³-hybridized carbons (Fsp3) is 0.474. The molecule has 0 bridgehead atoms. The van der Waals surface area contributed by atoms with Crippen molar-refractivity contribution in [3.8, 4) is 5.69 Å². The maximum absolute atomic E-state index is 13.1. The maximum Gasteiger partial charge on any atom is 0.351 e. The monoisotopic (exact) mass is 366 g/mol. The molecule has 1 aromatic carbocycles. The molecule has 3 aromatic rings. The smallest absolute Gasteiger partial charge is 0.339 e. The molecule has 8 heteroatoms. The van der Waals surface area contributed by atoms with E-state index >= 15 is 0 Å². The van der Waals surface area contributed by atoms with Crippen molar-refractivity contribution in [3.05, 3.63) is 58.4 Å². The third-order valence-electron chi connectivity index (χ3n) is 5.24. The molecule has 2 fully saturated rings. The quantitative estimate of drug-likeness (QED) is 0.741. The molecule has 0 unspecified atom stereocenters. The van der Waals surface area contributed by atoms with Crippen LogP contribution in [0.15, 0.2) is 39.6 Å². The SMILES string of the molecule is O=c1n(Cc2noc(C3CC3)n2)nc([C@@H]2CCCNC2)n1-c1ccccc1. The van der Waals surface area contributed by atoms with Crippen LogP contribution in [-0.4, -0.2) is 37.6 Å². The molecule has 0 radical (unpaired) electrons. The van der Waals surface area contributed by atoms with Gasteiger partial charge in [0.05, 0.1) is 5.69 Å². The van der Waals surface area contributed by atoms with Gasteiger partial charge in [-0.05, 0) is 44.4 Å². The van der Waals surface area contributed by atoms with Gasteiger partial charge in [-0.1, -0.05) is 23.4 Å². The van der Waals surface area contributed by atoms with E-state index in [0.717, 1.165) is 50.3 Å². The van der Waals surface area contributed by atoms with Crippen molar-refractivity contribution in [2.24, 2.45) is 0 Å². The van der Waals surface area contributed by atoms with Crippen molar-refractivity contribution in [1.29, 1.82) is 0 Å². The molecule has 140 valence electrons. The van der Waals surface area contributed by atoms with Crippen LogP contribution in [0.2, 0.25) is 0 Å². The molecule has 1 aliphatic carbocycles. The molecule has 2 aromatic heterocycles. The van der Waals surface area contributed by atoms with E-state index in [9.17, 15) is 4.79 Å². The summed E-state index contributed by atoms with van der Waals surface area (Å²) in [4.78, 5) is 17.6. The minimum absolute atomic E-state index is 0.167. The van der Waals surface area contributed by atoms with Crippen LogP contribution < -0.4 is 11.0 Å². The predicted octanol–water partition coefficient (Wildman–Crippen LogP) is 1.81. The van der Waals surface area contributed by atoms with Gasteiger partial charge in [-0.2, -0.15) is 10.1 Å². The minimum Gasteiger partial charge on any atom is -0.339 e. The Balaban J connectivity index is 1.53. The molecule has 2 aliphatic rings. The summed E-state index contributed by atoms with van der Waals surface area (Å²) < 4.78 is 8.50. The second-order valence-corrected chi connectivity index (χ2v) is 7.34. The standard InChI is InChI=1S/C19H22N6O2/c26-19-24(12-16-21-18(27-23-16)13-8-9-13)22-17(14-5-4-10-20-11-14)25(19)15-6-2-1-3-7-15/h1-3,6-7,13-14,20H,4-5,8-12H2/t14-/m1/s1. The van der Waals surface area contributed by atoms with Crippen molar-refractivity contribution in [2.45, 2.75) is 44.1 Å². The number of aromatic nitrogens is 5. The normalized spacial score (nSPS) is 20.1. The van der Waals surface area contributed by atoms with Crippen LogP contribution in [0.4, 0.5) is 0 Å². The zero-order chi connectivity index (χ0) is 18.2. The van der Waals surface area contributed by atoms with E-state index in [0.29, 0.717) is 17.6 Å². The Morgan fingerprint density at radius 3 is 2.74 bits per heavy atom. The Hall–Kier alpha value is -2.74. The van der Waals surface area contributed by atoms with Gasteiger partial charge in [-0.3, -0.25) is 0 Å². The van der Waals surface area contributed by atoms with Gasteiger partial charge in [-0.15, -0.1) is 0 Å². The third-order valence-corrected chi connectivity index (χ3v) is 5.24. The number of nitrogens with one attached hydrogen (secondary N) is 1. The molecule has 1 saturated carbocycles. The molecule has 5 rings (SSSR count). The molecule has 3 heterocycles. The predicted molar refractivity (Wildman–Crippen MR) is 98.0 cm³/mol. The summed E-state index contributed by atoms with van der Waals surface area (Å²) >= 11 is 0. The number of para-hydroxylation sites is 1. The van der Waals surface area contributed by atoms with Crippen molar-refractivity contribution in [3.63, 3.8) is 0 Å². The number of nitrogens with zero attached hydrogens (tertiary/aromatic N) is 5. The van der Waals surface area contributed by atoms with Gasteiger partial charge in [0.1, 0.15) is 12.4 Å². The van der Waals surface area contributed by atoms with E-state index in [1.54, 1.807) is 4.57 Å². The van der Waals surface area contributed by atoms with Crippen LogP contribution >= 0.6 is 0 Å². The maximum atomic E-state index is 13.1. The van der Waals surface area contributed by atoms with Crippen LogP contribution in [0, 0.1) is 0 Å². The average molecular weight is 366 g/mol. The highest BCUT2D eigenvalue weighted by atomic mass is 16.5. The lowest BCUT2D eigenvalue weighted by atomic mass is 9.99. The summed E-state index contributed by atoms with van der Waals surface area (Å²) in [5, 5.41) is 12.1. The fourth-order valence-electron chi connectivity index (χ4n) is 3.65. The summed E-state index contributed by atoms with van der Waals surface area (Å²) in [7, 11) is 0. The number of hydrogen-bond donors (Lipinski definition) is 1. The number of rotatable bonds is 5. The van der Waals surface area contributed by atoms with Crippen LogP contribution in [0.3, 0.4) is 0 Å². The van der Waals surface area contributed by atoms with E-state index in [1.807, 2.05) is 30.3 Å². The highest BCUT2D eigenvalue weighted by molar-refractivity contribution is 5.33. The van der Waals surface area contributed by atoms with Crippen molar-refractivity contribution in [1.82, 2.24) is 29.8 Å². The lowest BCUT2D eigenvalue weighted by Gasteiger charge is -2.22. The van der Waals surface area contributed by atoms with E-state index < -0.39 is 0 Å². The van der Waals surface area contributed by atoms with E-state index in [-0.39, 0.29) is 18.2 Å². The average Bonchev–Trinajstić information content (AvgIpc) is 3.38. The van der Waals surface area contributed by atoms with Gasteiger partial charge in [0.2, 0.25) is 5.89 Å². The Kier molecular flexibility index (Phi) is 4.12. The van der Waals surface area contributed by atoms with Gasteiger partial charge in [0.15, 0.2) is 5.82 Å². The van der Waals surface area contributed by atoms with E-state index in [4.69, 9.17) is 4.52 Å². The van der Waals surface area contributed by atoms with Gasteiger partial charge in [0, 0.05) is 18.4 Å². The van der Waals surface area contributed by atoms with E-state index in [1.165, 1.54) is 4.68 Å². The second kappa shape index (κ2) is 6.77. The fourth-order valence-corrected chi connectivity index (χ4v) is 3.65. The molecule has 27 heavy (non-hydrogen) atoms. The third kappa shape index (κ3) is 3.21. The van der Waals surface area contributed by atoms with Gasteiger partial charge >= 0.3 is 5.69 Å².